The third kappa shape index (κ3) is 2.23. The molecule has 0 spiro atoms. The minimum absolute atomic E-state index is 0.0636. The highest BCUT2D eigenvalue weighted by molar-refractivity contribution is 9.10. The lowest BCUT2D eigenvalue weighted by atomic mass is 10.0. The van der Waals surface area contributed by atoms with Crippen LogP contribution in [0.2, 0.25) is 0 Å². The van der Waals surface area contributed by atoms with Crippen LogP contribution in [-0.2, 0) is 6.42 Å². The second-order valence-corrected chi connectivity index (χ2v) is 6.43. The molecule has 0 aliphatic heterocycles. The van der Waals surface area contributed by atoms with Gasteiger partial charge in [0.2, 0.25) is 0 Å². The largest absolute Gasteiger partial charge is 0.503 e. The number of benzene rings is 1. The van der Waals surface area contributed by atoms with Crippen molar-refractivity contribution in [3.63, 3.8) is 0 Å². The average molecular weight is 354 g/mol. The molecule has 3 rings (SSSR count). The van der Waals surface area contributed by atoms with Gasteiger partial charge in [-0.15, -0.1) is 11.3 Å². The average Bonchev–Trinajstić information content (AvgIpc) is 2.87. The van der Waals surface area contributed by atoms with Crippen LogP contribution in [0.25, 0.3) is 10.6 Å². The summed E-state index contributed by atoms with van der Waals surface area (Å²) in [4.78, 5) is 17.2. The van der Waals surface area contributed by atoms with E-state index in [1.54, 1.807) is 12.1 Å². The Hall–Kier alpha value is -1.40. The van der Waals surface area contributed by atoms with Gasteiger partial charge < -0.3 is 9.84 Å². The predicted octanol–water partition coefficient (Wildman–Crippen LogP) is 3.81. The highest BCUT2D eigenvalue weighted by Gasteiger charge is 2.23. The van der Waals surface area contributed by atoms with Gasteiger partial charge in [0.1, 0.15) is 5.01 Å². The molecule has 0 saturated heterocycles. The molecular formula is C14H12BrNO3S. The van der Waals surface area contributed by atoms with Crippen molar-refractivity contribution in [1.29, 1.82) is 0 Å². The first-order chi connectivity index (χ1) is 9.60. The lowest BCUT2D eigenvalue weighted by molar-refractivity contribution is 0.0976. The van der Waals surface area contributed by atoms with E-state index in [1.165, 1.54) is 18.4 Å². The van der Waals surface area contributed by atoms with Crippen molar-refractivity contribution in [2.45, 2.75) is 19.3 Å². The maximum absolute atomic E-state index is 11.9. The number of aryl methyl sites for hydroxylation is 1. The van der Waals surface area contributed by atoms with Crippen LogP contribution in [0.15, 0.2) is 16.6 Å². The van der Waals surface area contributed by atoms with Gasteiger partial charge in [-0.1, -0.05) is 0 Å². The second kappa shape index (κ2) is 5.18. The monoisotopic (exact) mass is 353 g/mol. The van der Waals surface area contributed by atoms with E-state index >= 15 is 0 Å². The van der Waals surface area contributed by atoms with Crippen molar-refractivity contribution >= 4 is 33.0 Å². The van der Waals surface area contributed by atoms with Crippen LogP contribution in [0.3, 0.4) is 0 Å². The van der Waals surface area contributed by atoms with Crippen molar-refractivity contribution in [3.05, 3.63) is 27.2 Å². The van der Waals surface area contributed by atoms with Crippen molar-refractivity contribution in [2.75, 3.05) is 7.11 Å². The number of Topliss-reactive ketones (excluding diaryl/α,β-unsaturated/α-hetero) is 1. The lowest BCUT2D eigenvalue weighted by Gasteiger charge is -2.07. The molecule has 1 aromatic carbocycles. The van der Waals surface area contributed by atoms with Crippen molar-refractivity contribution in [1.82, 2.24) is 4.98 Å². The number of fused-ring (bicyclic) bond motifs is 1. The highest BCUT2D eigenvalue weighted by atomic mass is 79.9. The molecule has 0 unspecified atom stereocenters. The molecule has 6 heteroatoms. The molecule has 0 radical (unpaired) electrons. The fourth-order valence-corrected chi connectivity index (χ4v) is 3.75. The summed E-state index contributed by atoms with van der Waals surface area (Å²) in [6.07, 6.45) is 2.34. The van der Waals surface area contributed by atoms with Gasteiger partial charge in [-0.3, -0.25) is 4.79 Å². The Morgan fingerprint density at radius 3 is 2.90 bits per heavy atom. The van der Waals surface area contributed by atoms with Gasteiger partial charge >= 0.3 is 0 Å². The normalized spacial score (nSPS) is 14.2. The number of rotatable bonds is 2. The Balaban J connectivity index is 2.10. The second-order valence-electron chi connectivity index (χ2n) is 4.58. The third-order valence-corrected chi connectivity index (χ3v) is 5.06. The van der Waals surface area contributed by atoms with Gasteiger partial charge in [-0.25, -0.2) is 4.98 Å². The summed E-state index contributed by atoms with van der Waals surface area (Å²) in [6, 6.07) is 3.52. The number of aromatic nitrogens is 1. The molecule has 0 amide bonds. The summed E-state index contributed by atoms with van der Waals surface area (Å²) in [5.74, 6) is 0.627. The standard InChI is InChI=1S/C14H12BrNO3S/c1-19-11-6-7(5-8(15)12(11)18)14-16-9-3-2-4-10(17)13(9)20-14/h5-6,18H,2-4H2,1H3. The Morgan fingerprint density at radius 2 is 2.20 bits per heavy atom. The molecular weight excluding hydrogens is 342 g/mol. The lowest BCUT2D eigenvalue weighted by Crippen LogP contribution is -2.07. The highest BCUT2D eigenvalue weighted by Crippen LogP contribution is 2.40. The van der Waals surface area contributed by atoms with Crippen LogP contribution < -0.4 is 4.74 Å². The number of carbonyl (C=O) groups is 1. The zero-order chi connectivity index (χ0) is 14.3. The number of nitrogens with zero attached hydrogens (tertiary/aromatic N) is 1. The molecule has 20 heavy (non-hydrogen) atoms. The smallest absolute Gasteiger partial charge is 0.174 e. The minimum Gasteiger partial charge on any atom is -0.503 e. The topological polar surface area (TPSA) is 59.4 Å². The van der Waals surface area contributed by atoms with E-state index in [2.05, 4.69) is 20.9 Å². The molecule has 1 aromatic heterocycles. The fraction of sp³-hybridized carbons (Fsp3) is 0.286. The summed E-state index contributed by atoms with van der Waals surface area (Å²) < 4.78 is 5.69. The molecule has 1 N–H and O–H groups in total. The summed E-state index contributed by atoms with van der Waals surface area (Å²) in [5, 5.41) is 10.6. The zero-order valence-electron chi connectivity index (χ0n) is 10.8. The summed E-state index contributed by atoms with van der Waals surface area (Å²) in [5.41, 5.74) is 1.73. The number of halogens is 1. The SMILES string of the molecule is COc1cc(-c2nc3c(s2)C(=O)CCC3)cc(Br)c1O. The number of ketones is 1. The van der Waals surface area contributed by atoms with E-state index in [4.69, 9.17) is 4.74 Å². The number of methoxy groups -OCH3 is 1. The van der Waals surface area contributed by atoms with E-state index < -0.39 is 0 Å². The molecule has 0 fully saturated rings. The number of aromatic hydroxyl groups is 1. The number of ether oxygens (including phenoxy) is 1. The van der Waals surface area contributed by atoms with E-state index in [1.807, 2.05) is 0 Å². The van der Waals surface area contributed by atoms with Gasteiger partial charge in [0, 0.05) is 12.0 Å². The first-order valence-corrected chi connectivity index (χ1v) is 7.81. The van der Waals surface area contributed by atoms with Gasteiger partial charge in [0.05, 0.1) is 22.2 Å². The quantitative estimate of drug-likeness (QED) is 0.891. The van der Waals surface area contributed by atoms with E-state index in [9.17, 15) is 9.90 Å². The first-order valence-electron chi connectivity index (χ1n) is 6.20. The summed E-state index contributed by atoms with van der Waals surface area (Å²) >= 11 is 4.71. The Bertz CT molecular complexity index is 696. The molecule has 0 saturated carbocycles. The van der Waals surface area contributed by atoms with Crippen LogP contribution in [-0.4, -0.2) is 23.0 Å². The molecule has 104 valence electrons. The van der Waals surface area contributed by atoms with Crippen LogP contribution in [0.4, 0.5) is 0 Å². The molecule has 1 heterocycles. The van der Waals surface area contributed by atoms with Gasteiger partial charge in [0.25, 0.3) is 0 Å². The Kier molecular flexibility index (Phi) is 3.52. The first kappa shape index (κ1) is 13.6. The third-order valence-electron chi connectivity index (χ3n) is 3.26. The van der Waals surface area contributed by atoms with E-state index in [0.29, 0.717) is 16.6 Å². The minimum atomic E-state index is 0.0636. The molecule has 0 atom stereocenters. The van der Waals surface area contributed by atoms with Crippen molar-refractivity contribution in [2.24, 2.45) is 0 Å². The number of carbonyl (C=O) groups excluding carboxylic acids is 1. The molecule has 1 aliphatic carbocycles. The van der Waals surface area contributed by atoms with E-state index in [-0.39, 0.29) is 11.5 Å². The fourth-order valence-electron chi connectivity index (χ4n) is 2.25. The number of phenols is 1. The van der Waals surface area contributed by atoms with Gasteiger partial charge in [-0.2, -0.15) is 0 Å². The van der Waals surface area contributed by atoms with Crippen LogP contribution in [0.5, 0.6) is 11.5 Å². The molecule has 2 aromatic rings. The predicted molar refractivity (Wildman–Crippen MR) is 80.7 cm³/mol. The van der Waals surface area contributed by atoms with Crippen LogP contribution >= 0.6 is 27.3 Å². The number of hydrogen-bond acceptors (Lipinski definition) is 5. The molecule has 4 nitrogen and oxygen atoms in total. The van der Waals surface area contributed by atoms with Crippen molar-refractivity contribution in [3.8, 4) is 22.1 Å². The summed E-state index contributed by atoms with van der Waals surface area (Å²) in [7, 11) is 1.50. The van der Waals surface area contributed by atoms with Gasteiger partial charge in [-0.05, 0) is 40.9 Å². The van der Waals surface area contributed by atoms with Crippen LogP contribution in [0, 0.1) is 0 Å². The number of thiazole rings is 1. The summed E-state index contributed by atoms with van der Waals surface area (Å²) in [6.45, 7) is 0. The molecule has 1 aliphatic rings. The Morgan fingerprint density at radius 1 is 1.40 bits per heavy atom. The van der Waals surface area contributed by atoms with E-state index in [0.717, 1.165) is 34.0 Å². The van der Waals surface area contributed by atoms with Gasteiger partial charge in [0.15, 0.2) is 17.3 Å². The number of hydrogen-bond donors (Lipinski definition) is 1. The van der Waals surface area contributed by atoms with Crippen LogP contribution in [0.1, 0.15) is 28.2 Å². The Labute approximate surface area is 128 Å². The maximum atomic E-state index is 11.9. The number of phenolic OH excluding ortho intramolecular Hbond substituents is 1. The zero-order valence-corrected chi connectivity index (χ0v) is 13.2. The maximum Gasteiger partial charge on any atom is 0.174 e. The van der Waals surface area contributed by atoms with Crippen molar-refractivity contribution < 1.29 is 14.6 Å². The molecule has 0 bridgehead atoms.